The second-order valence-corrected chi connectivity index (χ2v) is 5.78. The zero-order valence-electron chi connectivity index (χ0n) is 12.5. The van der Waals surface area contributed by atoms with Crippen molar-refractivity contribution in [3.63, 3.8) is 0 Å². The highest BCUT2D eigenvalue weighted by Crippen LogP contribution is 2.25. The monoisotopic (exact) mass is 330 g/mol. The van der Waals surface area contributed by atoms with E-state index >= 15 is 0 Å². The molecule has 2 heterocycles. The number of hydrogen-bond acceptors (Lipinski definition) is 3. The molecule has 0 aliphatic carbocycles. The molecule has 0 aliphatic rings. The standard InChI is InChI=1S/C19H11ClN4/c20-16-3-1-2-15(8-16)17-12-24-18(10-23-19(24)11-22-17)14-6-4-13(9-21)5-7-14/h1-8,10-12H. The highest BCUT2D eigenvalue weighted by atomic mass is 35.5. The van der Waals surface area contributed by atoms with Crippen molar-refractivity contribution in [2.24, 2.45) is 0 Å². The number of nitriles is 1. The SMILES string of the molecule is N#Cc1ccc(-c2cnc3cnc(-c4cccc(Cl)c4)cn23)cc1. The van der Waals surface area contributed by atoms with Gasteiger partial charge >= 0.3 is 0 Å². The molecule has 0 fully saturated rings. The van der Waals surface area contributed by atoms with E-state index in [1.165, 1.54) is 0 Å². The van der Waals surface area contributed by atoms with E-state index in [1.54, 1.807) is 24.5 Å². The molecule has 0 saturated heterocycles. The largest absolute Gasteiger partial charge is 0.296 e. The molecule has 0 atom stereocenters. The Hall–Kier alpha value is -3.16. The van der Waals surface area contributed by atoms with Crippen molar-refractivity contribution in [2.75, 3.05) is 0 Å². The van der Waals surface area contributed by atoms with Crippen molar-refractivity contribution >= 4 is 17.2 Å². The van der Waals surface area contributed by atoms with Gasteiger partial charge in [0.15, 0.2) is 5.65 Å². The lowest BCUT2D eigenvalue weighted by atomic mass is 10.1. The van der Waals surface area contributed by atoms with Crippen molar-refractivity contribution < 1.29 is 0 Å². The van der Waals surface area contributed by atoms with Crippen molar-refractivity contribution in [3.8, 4) is 28.6 Å². The zero-order chi connectivity index (χ0) is 16.5. The van der Waals surface area contributed by atoms with E-state index in [0.29, 0.717) is 10.6 Å². The summed E-state index contributed by atoms with van der Waals surface area (Å²) in [5.74, 6) is 0. The van der Waals surface area contributed by atoms with Gasteiger partial charge in [-0.25, -0.2) is 4.98 Å². The normalized spacial score (nSPS) is 10.7. The molecule has 0 spiro atoms. The van der Waals surface area contributed by atoms with Crippen LogP contribution < -0.4 is 0 Å². The summed E-state index contributed by atoms with van der Waals surface area (Å²) in [6.07, 6.45) is 5.49. The van der Waals surface area contributed by atoms with Crippen LogP contribution in [0, 0.1) is 11.3 Å². The van der Waals surface area contributed by atoms with Crippen LogP contribution in [0.5, 0.6) is 0 Å². The first-order valence-corrected chi connectivity index (χ1v) is 7.72. The molecule has 0 N–H and O–H groups in total. The van der Waals surface area contributed by atoms with Gasteiger partial charge < -0.3 is 0 Å². The van der Waals surface area contributed by atoms with Crippen LogP contribution in [0.2, 0.25) is 5.02 Å². The van der Waals surface area contributed by atoms with Gasteiger partial charge in [-0.1, -0.05) is 35.9 Å². The lowest BCUT2D eigenvalue weighted by Gasteiger charge is -2.05. The molecular formula is C19H11ClN4. The Bertz CT molecular complexity index is 1070. The number of benzene rings is 2. The van der Waals surface area contributed by atoms with Crippen molar-refractivity contribution in [3.05, 3.63) is 77.7 Å². The molecule has 0 saturated carbocycles. The molecule has 0 unspecified atom stereocenters. The van der Waals surface area contributed by atoms with Crippen LogP contribution >= 0.6 is 11.6 Å². The van der Waals surface area contributed by atoms with Gasteiger partial charge in [-0.05, 0) is 24.3 Å². The predicted octanol–water partition coefficient (Wildman–Crippen LogP) is 4.59. The highest BCUT2D eigenvalue weighted by molar-refractivity contribution is 6.30. The number of halogens is 1. The Kier molecular flexibility index (Phi) is 3.49. The fraction of sp³-hybridized carbons (Fsp3) is 0. The molecule has 4 rings (SSSR count). The average molecular weight is 331 g/mol. The minimum absolute atomic E-state index is 0.633. The second kappa shape index (κ2) is 5.80. The Morgan fingerprint density at radius 3 is 2.54 bits per heavy atom. The smallest absolute Gasteiger partial charge is 0.155 e. The maximum atomic E-state index is 8.93. The van der Waals surface area contributed by atoms with E-state index in [4.69, 9.17) is 16.9 Å². The quantitative estimate of drug-likeness (QED) is 0.540. The number of hydrogen-bond donors (Lipinski definition) is 0. The first-order valence-electron chi connectivity index (χ1n) is 7.34. The van der Waals surface area contributed by atoms with Gasteiger partial charge in [-0.3, -0.25) is 9.38 Å². The van der Waals surface area contributed by atoms with E-state index in [1.807, 2.05) is 47.0 Å². The number of fused-ring (bicyclic) bond motifs is 1. The third kappa shape index (κ3) is 2.51. The van der Waals surface area contributed by atoms with E-state index in [0.717, 1.165) is 28.2 Å². The molecule has 0 aliphatic heterocycles. The topological polar surface area (TPSA) is 54.0 Å². The summed E-state index contributed by atoms with van der Waals surface area (Å²) >= 11 is 6.07. The van der Waals surface area contributed by atoms with E-state index in [-0.39, 0.29) is 0 Å². The number of imidazole rings is 1. The first-order chi connectivity index (χ1) is 11.7. The van der Waals surface area contributed by atoms with Gasteiger partial charge in [0.2, 0.25) is 0 Å². The summed E-state index contributed by atoms with van der Waals surface area (Å²) in [6, 6.07) is 17.2. The molecule has 4 nitrogen and oxygen atoms in total. The molecule has 114 valence electrons. The van der Waals surface area contributed by atoms with Crippen LogP contribution in [0.25, 0.3) is 28.2 Å². The van der Waals surface area contributed by atoms with E-state index < -0.39 is 0 Å². The maximum absolute atomic E-state index is 8.93. The minimum Gasteiger partial charge on any atom is -0.296 e. The van der Waals surface area contributed by atoms with Crippen LogP contribution in [0.1, 0.15) is 5.56 Å². The minimum atomic E-state index is 0.633. The van der Waals surface area contributed by atoms with E-state index in [9.17, 15) is 0 Å². The molecule has 0 radical (unpaired) electrons. The average Bonchev–Trinajstić information content (AvgIpc) is 3.05. The van der Waals surface area contributed by atoms with E-state index in [2.05, 4.69) is 16.0 Å². The number of rotatable bonds is 2. The van der Waals surface area contributed by atoms with Crippen LogP contribution in [-0.2, 0) is 0 Å². The lowest BCUT2D eigenvalue weighted by molar-refractivity contribution is 1.13. The third-order valence-corrected chi connectivity index (χ3v) is 4.06. The number of aromatic nitrogens is 3. The molecule has 4 aromatic rings. The fourth-order valence-corrected chi connectivity index (χ4v) is 2.81. The maximum Gasteiger partial charge on any atom is 0.155 e. The van der Waals surface area contributed by atoms with Crippen LogP contribution in [0.4, 0.5) is 0 Å². The van der Waals surface area contributed by atoms with Gasteiger partial charge in [-0.15, -0.1) is 0 Å². The van der Waals surface area contributed by atoms with Crippen LogP contribution in [0.3, 0.4) is 0 Å². The lowest BCUT2D eigenvalue weighted by Crippen LogP contribution is -1.93. The van der Waals surface area contributed by atoms with Gasteiger partial charge in [0.25, 0.3) is 0 Å². The van der Waals surface area contributed by atoms with Gasteiger partial charge in [0.1, 0.15) is 0 Å². The van der Waals surface area contributed by atoms with Crippen LogP contribution in [0.15, 0.2) is 67.1 Å². The summed E-state index contributed by atoms with van der Waals surface area (Å²) in [7, 11) is 0. The zero-order valence-corrected chi connectivity index (χ0v) is 13.3. The van der Waals surface area contributed by atoms with Crippen molar-refractivity contribution in [1.29, 1.82) is 5.26 Å². The molecule has 2 aromatic carbocycles. The summed E-state index contributed by atoms with van der Waals surface area (Å²) in [6.45, 7) is 0. The Labute approximate surface area is 143 Å². The number of nitrogens with zero attached hydrogens (tertiary/aromatic N) is 4. The van der Waals surface area contributed by atoms with Crippen molar-refractivity contribution in [1.82, 2.24) is 14.4 Å². The summed E-state index contributed by atoms with van der Waals surface area (Å²) < 4.78 is 1.99. The molecule has 2 aromatic heterocycles. The Balaban J connectivity index is 1.85. The molecule has 0 amide bonds. The molecular weight excluding hydrogens is 320 g/mol. The Morgan fingerprint density at radius 1 is 0.958 bits per heavy atom. The summed E-state index contributed by atoms with van der Waals surface area (Å²) in [5.41, 5.74) is 5.10. The molecule has 0 bridgehead atoms. The fourth-order valence-electron chi connectivity index (χ4n) is 2.62. The Morgan fingerprint density at radius 2 is 1.79 bits per heavy atom. The predicted molar refractivity (Wildman–Crippen MR) is 93.6 cm³/mol. The van der Waals surface area contributed by atoms with Gasteiger partial charge in [0.05, 0.1) is 35.4 Å². The van der Waals surface area contributed by atoms with Gasteiger partial charge in [0, 0.05) is 22.3 Å². The molecule has 24 heavy (non-hydrogen) atoms. The van der Waals surface area contributed by atoms with Gasteiger partial charge in [-0.2, -0.15) is 5.26 Å². The second-order valence-electron chi connectivity index (χ2n) is 5.34. The first kappa shape index (κ1) is 14.4. The highest BCUT2D eigenvalue weighted by Gasteiger charge is 2.09. The van der Waals surface area contributed by atoms with Crippen LogP contribution in [-0.4, -0.2) is 14.4 Å². The van der Waals surface area contributed by atoms with Crippen molar-refractivity contribution in [2.45, 2.75) is 0 Å². The summed E-state index contributed by atoms with van der Waals surface area (Å²) in [5, 5.41) is 9.60. The third-order valence-electron chi connectivity index (χ3n) is 3.83. The summed E-state index contributed by atoms with van der Waals surface area (Å²) in [4.78, 5) is 8.87. The molecule has 5 heteroatoms.